The van der Waals surface area contributed by atoms with Gasteiger partial charge in [-0.2, -0.15) is 4.98 Å². The molecule has 0 aliphatic heterocycles. The van der Waals surface area contributed by atoms with Gasteiger partial charge in [-0.1, -0.05) is 11.6 Å². The molecule has 26 heavy (non-hydrogen) atoms. The van der Waals surface area contributed by atoms with E-state index in [1.165, 1.54) is 24.6 Å². The molecule has 9 nitrogen and oxygen atoms in total. The Morgan fingerprint density at radius 1 is 1.42 bits per heavy atom. The summed E-state index contributed by atoms with van der Waals surface area (Å²) in [6, 6.07) is 1.75. The number of hydrogen-bond acceptors (Lipinski definition) is 8. The fraction of sp³-hybridized carbons (Fsp3) is 0.308. The number of ether oxygens (including phenoxy) is 2. The Kier molecular flexibility index (Phi) is 7.08. The zero-order chi connectivity index (χ0) is 19.2. The van der Waals surface area contributed by atoms with Gasteiger partial charge in [-0.15, -0.1) is 11.3 Å². The summed E-state index contributed by atoms with van der Waals surface area (Å²) in [6.45, 7) is -0.937. The van der Waals surface area contributed by atoms with Gasteiger partial charge in [-0.25, -0.2) is 27.3 Å². The number of rotatable bonds is 8. The molecule has 142 valence electrons. The van der Waals surface area contributed by atoms with E-state index in [0.717, 1.165) is 11.3 Å². The lowest BCUT2D eigenvalue weighted by Crippen LogP contribution is -2.35. The highest BCUT2D eigenvalue weighted by Crippen LogP contribution is 2.23. The minimum atomic E-state index is -4.17. The smallest absolute Gasteiger partial charge is 0.335 e. The summed E-state index contributed by atoms with van der Waals surface area (Å²) >= 11 is 6.64. The number of hydrogen-bond donors (Lipinski definition) is 2. The first-order valence-corrected chi connectivity index (χ1v) is 9.72. The third-order valence-electron chi connectivity index (χ3n) is 2.76. The van der Waals surface area contributed by atoms with Crippen LogP contribution in [0.2, 0.25) is 5.15 Å². The molecule has 2 aromatic heterocycles. The van der Waals surface area contributed by atoms with Gasteiger partial charge in [0.2, 0.25) is 11.8 Å². The molecule has 0 aromatic carbocycles. The molecule has 0 saturated carbocycles. The number of urea groups is 1. The number of thiophene rings is 1. The minimum Gasteiger partial charge on any atom is -0.481 e. The average Bonchev–Trinajstić information content (AvgIpc) is 3.03. The Morgan fingerprint density at radius 2 is 2.19 bits per heavy atom. The van der Waals surface area contributed by atoms with E-state index < -0.39 is 22.7 Å². The second-order valence-corrected chi connectivity index (χ2v) is 7.77. The number of halogens is 2. The van der Waals surface area contributed by atoms with Gasteiger partial charge in [0.05, 0.1) is 20.3 Å². The molecule has 0 saturated heterocycles. The molecule has 0 bridgehead atoms. The Balaban J connectivity index is 2.08. The van der Waals surface area contributed by atoms with E-state index >= 15 is 0 Å². The van der Waals surface area contributed by atoms with Crippen LogP contribution in [0.5, 0.6) is 5.88 Å². The summed E-state index contributed by atoms with van der Waals surface area (Å²) in [5.41, 5.74) is 0.310. The van der Waals surface area contributed by atoms with Crippen LogP contribution in [0.25, 0.3) is 0 Å². The van der Waals surface area contributed by atoms with Crippen LogP contribution in [-0.4, -0.2) is 44.8 Å². The summed E-state index contributed by atoms with van der Waals surface area (Å²) in [6.07, 6.45) is 0. The van der Waals surface area contributed by atoms with Crippen LogP contribution in [-0.2, 0) is 21.4 Å². The van der Waals surface area contributed by atoms with Gasteiger partial charge in [0.25, 0.3) is 10.0 Å². The maximum Gasteiger partial charge on any atom is 0.335 e. The number of carbonyl (C=O) groups excluding carboxylic acids is 1. The lowest BCUT2D eigenvalue weighted by Gasteiger charge is -2.09. The topological polar surface area (TPSA) is 120 Å². The van der Waals surface area contributed by atoms with Crippen LogP contribution < -0.4 is 14.8 Å². The molecule has 2 rings (SSSR count). The summed E-state index contributed by atoms with van der Waals surface area (Å²) < 4.78 is 48.4. The molecule has 2 aromatic rings. The van der Waals surface area contributed by atoms with Crippen LogP contribution >= 0.6 is 22.9 Å². The van der Waals surface area contributed by atoms with Crippen molar-refractivity contribution in [2.45, 2.75) is 10.8 Å². The van der Waals surface area contributed by atoms with E-state index in [1.807, 2.05) is 4.72 Å². The Hall–Kier alpha value is -2.02. The van der Waals surface area contributed by atoms with Crippen molar-refractivity contribution in [2.24, 2.45) is 0 Å². The van der Waals surface area contributed by atoms with Crippen molar-refractivity contribution in [1.82, 2.24) is 14.7 Å². The molecule has 2 heterocycles. The lowest BCUT2D eigenvalue weighted by atomic mass is 10.4. The predicted octanol–water partition coefficient (Wildman–Crippen LogP) is 2.20. The molecule has 0 unspecified atom stereocenters. The zero-order valence-electron chi connectivity index (χ0n) is 13.4. The number of aromatic nitrogens is 2. The Labute approximate surface area is 157 Å². The molecule has 0 aliphatic carbocycles. The lowest BCUT2D eigenvalue weighted by molar-refractivity contribution is 0.105. The first-order valence-electron chi connectivity index (χ1n) is 6.98. The number of carbonyl (C=O) groups is 1. The van der Waals surface area contributed by atoms with Crippen molar-refractivity contribution in [3.05, 3.63) is 28.2 Å². The molecule has 13 heteroatoms. The number of sulfonamides is 1. The highest BCUT2D eigenvalue weighted by atomic mass is 35.5. The molecule has 0 radical (unpaired) electrons. The summed E-state index contributed by atoms with van der Waals surface area (Å²) in [4.78, 5) is 19.5. The Bertz CT molecular complexity index is 877. The first-order chi connectivity index (χ1) is 12.4. The van der Waals surface area contributed by atoms with E-state index in [-0.39, 0.29) is 34.4 Å². The number of alkyl halides is 1. The minimum absolute atomic E-state index is 0.000520. The van der Waals surface area contributed by atoms with Crippen LogP contribution in [0.1, 0.15) is 5.56 Å². The van der Waals surface area contributed by atoms with E-state index in [4.69, 9.17) is 21.1 Å². The van der Waals surface area contributed by atoms with Gasteiger partial charge in [0.1, 0.15) is 16.0 Å². The highest BCUT2D eigenvalue weighted by Gasteiger charge is 2.23. The standard InChI is InChI=1S/C13H14ClFN4O5S2/c1-23-10-6-9(14)16-12(17-10)18-13(20)19-26(21,22)11-8(2-5-25-11)7-24-4-3-15/h2,5-6H,3-4,7H2,1H3,(H2,16,17,18,19,20). The molecule has 0 fully saturated rings. The van der Waals surface area contributed by atoms with E-state index in [1.54, 1.807) is 0 Å². The second kappa shape index (κ2) is 9.07. The number of nitrogens with one attached hydrogen (secondary N) is 2. The van der Waals surface area contributed by atoms with Gasteiger partial charge in [0.15, 0.2) is 0 Å². The third-order valence-corrected chi connectivity index (χ3v) is 5.86. The quantitative estimate of drug-likeness (QED) is 0.492. The number of nitrogens with zero attached hydrogens (tertiary/aromatic N) is 2. The van der Waals surface area contributed by atoms with Gasteiger partial charge in [0, 0.05) is 11.6 Å². The van der Waals surface area contributed by atoms with E-state index in [9.17, 15) is 17.6 Å². The number of methoxy groups -OCH3 is 1. The fourth-order valence-corrected chi connectivity index (χ4v) is 4.22. The molecule has 2 amide bonds. The first kappa shape index (κ1) is 20.3. The normalized spacial score (nSPS) is 11.2. The number of amides is 2. The summed E-state index contributed by atoms with van der Waals surface area (Å²) in [5.74, 6) is -0.145. The fourth-order valence-electron chi connectivity index (χ4n) is 1.75. The summed E-state index contributed by atoms with van der Waals surface area (Å²) in [7, 11) is -2.82. The molecule has 0 aliphatic rings. The summed E-state index contributed by atoms with van der Waals surface area (Å²) in [5, 5.41) is 3.68. The predicted molar refractivity (Wildman–Crippen MR) is 92.9 cm³/mol. The van der Waals surface area contributed by atoms with Crippen LogP contribution in [0.4, 0.5) is 15.1 Å². The number of anilines is 1. The molecular formula is C13H14ClFN4O5S2. The van der Waals surface area contributed by atoms with Crippen molar-refractivity contribution >= 4 is 44.9 Å². The van der Waals surface area contributed by atoms with Crippen molar-refractivity contribution < 1.29 is 27.1 Å². The maximum absolute atomic E-state index is 12.4. The largest absolute Gasteiger partial charge is 0.481 e. The van der Waals surface area contributed by atoms with Gasteiger partial charge >= 0.3 is 6.03 Å². The van der Waals surface area contributed by atoms with Crippen molar-refractivity contribution in [3.63, 3.8) is 0 Å². The zero-order valence-corrected chi connectivity index (χ0v) is 15.8. The van der Waals surface area contributed by atoms with Gasteiger partial charge in [-0.05, 0) is 11.4 Å². The average molecular weight is 425 g/mol. The molecular weight excluding hydrogens is 411 g/mol. The van der Waals surface area contributed by atoms with Crippen LogP contribution in [0.3, 0.4) is 0 Å². The van der Waals surface area contributed by atoms with Gasteiger partial charge in [-0.3, -0.25) is 5.32 Å². The Morgan fingerprint density at radius 3 is 2.88 bits per heavy atom. The van der Waals surface area contributed by atoms with E-state index in [0.29, 0.717) is 5.56 Å². The molecule has 0 spiro atoms. The van der Waals surface area contributed by atoms with E-state index in [2.05, 4.69) is 15.3 Å². The third kappa shape index (κ3) is 5.49. The van der Waals surface area contributed by atoms with Gasteiger partial charge < -0.3 is 9.47 Å². The monoisotopic (exact) mass is 424 g/mol. The van der Waals surface area contributed by atoms with Crippen molar-refractivity contribution in [3.8, 4) is 5.88 Å². The van der Waals surface area contributed by atoms with Crippen LogP contribution in [0, 0.1) is 0 Å². The molecule has 0 atom stereocenters. The van der Waals surface area contributed by atoms with Crippen molar-refractivity contribution in [2.75, 3.05) is 25.7 Å². The van der Waals surface area contributed by atoms with Crippen LogP contribution in [0.15, 0.2) is 21.7 Å². The SMILES string of the molecule is COc1cc(Cl)nc(NC(=O)NS(=O)(=O)c2sccc2COCCF)n1. The van der Waals surface area contributed by atoms with Crippen molar-refractivity contribution in [1.29, 1.82) is 0 Å². The maximum atomic E-state index is 12.4. The second-order valence-electron chi connectivity index (χ2n) is 4.59. The molecule has 2 N–H and O–H groups in total. The highest BCUT2D eigenvalue weighted by molar-refractivity contribution is 7.92.